The predicted molar refractivity (Wildman–Crippen MR) is 144 cm³/mol. The van der Waals surface area contributed by atoms with Gasteiger partial charge in [0.05, 0.1) is 25.2 Å². The van der Waals surface area contributed by atoms with E-state index in [1.165, 1.54) is 16.7 Å². The highest BCUT2D eigenvalue weighted by atomic mass is 16.5. The van der Waals surface area contributed by atoms with Gasteiger partial charge in [0, 0.05) is 50.8 Å². The van der Waals surface area contributed by atoms with Crippen molar-refractivity contribution in [1.29, 1.82) is 0 Å². The zero-order valence-corrected chi connectivity index (χ0v) is 21.7. The van der Waals surface area contributed by atoms with Gasteiger partial charge in [-0.15, -0.1) is 0 Å². The fourth-order valence-electron chi connectivity index (χ4n) is 5.19. The number of nitrogens with zero attached hydrogens (tertiary/aromatic N) is 3. The second-order valence-electron chi connectivity index (χ2n) is 9.88. The van der Waals surface area contributed by atoms with E-state index in [0.717, 1.165) is 59.6 Å². The molecule has 2 aromatic heterocycles. The third-order valence-corrected chi connectivity index (χ3v) is 7.27. The highest BCUT2D eigenvalue weighted by molar-refractivity contribution is 5.95. The van der Waals surface area contributed by atoms with Crippen LogP contribution in [0.5, 0.6) is 11.5 Å². The van der Waals surface area contributed by atoms with Crippen LogP contribution in [0.3, 0.4) is 0 Å². The van der Waals surface area contributed by atoms with Crippen LogP contribution in [0.2, 0.25) is 0 Å². The lowest BCUT2D eigenvalue weighted by Crippen LogP contribution is -2.30. The summed E-state index contributed by atoms with van der Waals surface area (Å²) in [6.07, 6.45) is 6.25. The molecule has 0 atom stereocenters. The van der Waals surface area contributed by atoms with Crippen LogP contribution in [-0.4, -0.2) is 35.2 Å². The lowest BCUT2D eigenvalue weighted by Gasteiger charge is -2.30. The molecular formula is C30H33N3O3. The molecule has 0 radical (unpaired) electrons. The number of hydrogen-bond donors (Lipinski definition) is 0. The number of methoxy groups -OCH3 is 2. The molecule has 6 heteroatoms. The van der Waals surface area contributed by atoms with Gasteiger partial charge < -0.3 is 14.0 Å². The molecule has 0 saturated heterocycles. The smallest absolute Gasteiger partial charge is 0.259 e. The van der Waals surface area contributed by atoms with Gasteiger partial charge in [-0.05, 0) is 58.2 Å². The van der Waals surface area contributed by atoms with Gasteiger partial charge in [-0.3, -0.25) is 14.7 Å². The molecule has 186 valence electrons. The molecule has 36 heavy (non-hydrogen) atoms. The van der Waals surface area contributed by atoms with Crippen molar-refractivity contribution in [2.75, 3.05) is 20.8 Å². The average molecular weight is 484 g/mol. The Morgan fingerprint density at radius 1 is 1.00 bits per heavy atom. The summed E-state index contributed by atoms with van der Waals surface area (Å²) in [4.78, 5) is 19.2. The number of hydrogen-bond acceptors (Lipinski definition) is 5. The maximum absolute atomic E-state index is 12.6. The summed E-state index contributed by atoms with van der Waals surface area (Å²) < 4.78 is 13.4. The molecule has 1 aliphatic rings. The van der Waals surface area contributed by atoms with Crippen molar-refractivity contribution in [2.45, 2.75) is 39.3 Å². The quantitative estimate of drug-likeness (QED) is 0.373. The van der Waals surface area contributed by atoms with Gasteiger partial charge in [0.1, 0.15) is 11.5 Å². The number of fused-ring (bicyclic) bond motifs is 2. The Labute approximate surface area is 212 Å². The van der Waals surface area contributed by atoms with Crippen LogP contribution < -0.4 is 15.0 Å². The predicted octanol–water partition coefficient (Wildman–Crippen LogP) is 5.30. The molecule has 3 heterocycles. The third kappa shape index (κ3) is 4.37. The lowest BCUT2D eigenvalue weighted by atomic mass is 9.93. The van der Waals surface area contributed by atoms with Crippen LogP contribution >= 0.6 is 0 Å². The summed E-state index contributed by atoms with van der Waals surface area (Å²) >= 11 is 0. The van der Waals surface area contributed by atoms with Crippen molar-refractivity contribution in [3.8, 4) is 22.6 Å². The summed E-state index contributed by atoms with van der Waals surface area (Å²) in [5.74, 6) is 2.10. The van der Waals surface area contributed by atoms with E-state index in [-0.39, 0.29) is 5.56 Å². The van der Waals surface area contributed by atoms with Gasteiger partial charge >= 0.3 is 0 Å². The summed E-state index contributed by atoms with van der Waals surface area (Å²) in [6.45, 7) is 7.11. The summed E-state index contributed by atoms with van der Waals surface area (Å²) in [5.41, 5.74) is 7.09. The highest BCUT2D eigenvalue weighted by Gasteiger charge is 2.22. The van der Waals surface area contributed by atoms with E-state index in [4.69, 9.17) is 9.47 Å². The number of aromatic nitrogens is 2. The molecule has 0 amide bonds. The van der Waals surface area contributed by atoms with E-state index in [9.17, 15) is 4.79 Å². The minimum atomic E-state index is -0.0664. The minimum absolute atomic E-state index is 0.0664. The van der Waals surface area contributed by atoms with Crippen molar-refractivity contribution >= 4 is 10.8 Å². The van der Waals surface area contributed by atoms with Crippen LogP contribution in [0.25, 0.3) is 21.9 Å². The number of rotatable bonds is 6. The largest absolute Gasteiger partial charge is 0.496 e. The maximum Gasteiger partial charge on any atom is 0.259 e. The maximum atomic E-state index is 12.6. The highest BCUT2D eigenvalue weighted by Crippen LogP contribution is 2.38. The Balaban J connectivity index is 1.51. The van der Waals surface area contributed by atoms with E-state index >= 15 is 0 Å². The molecule has 2 aromatic carbocycles. The zero-order chi connectivity index (χ0) is 25.4. The van der Waals surface area contributed by atoms with Crippen LogP contribution in [-0.2, 0) is 26.6 Å². The molecule has 0 unspecified atom stereocenters. The van der Waals surface area contributed by atoms with Gasteiger partial charge in [0.25, 0.3) is 5.56 Å². The van der Waals surface area contributed by atoms with E-state index in [1.807, 2.05) is 24.4 Å². The summed E-state index contributed by atoms with van der Waals surface area (Å²) in [7, 11) is 5.16. The molecule has 6 nitrogen and oxygen atoms in total. The lowest BCUT2D eigenvalue weighted by molar-refractivity contribution is 0.237. The van der Waals surface area contributed by atoms with Gasteiger partial charge in [0.2, 0.25) is 0 Å². The zero-order valence-electron chi connectivity index (χ0n) is 21.7. The number of aryl methyl sites for hydroxylation is 1. The first kappa shape index (κ1) is 24.1. The Hall–Kier alpha value is -3.64. The van der Waals surface area contributed by atoms with Gasteiger partial charge in [-0.1, -0.05) is 32.0 Å². The molecule has 0 saturated carbocycles. The molecule has 4 aromatic rings. The Morgan fingerprint density at radius 2 is 1.75 bits per heavy atom. The Kier molecular flexibility index (Phi) is 6.54. The second-order valence-corrected chi connectivity index (χ2v) is 9.88. The molecule has 0 fully saturated rings. The van der Waals surface area contributed by atoms with Crippen LogP contribution in [0, 0.1) is 0 Å². The molecule has 1 aliphatic heterocycles. The van der Waals surface area contributed by atoms with E-state index in [1.54, 1.807) is 38.2 Å². The van der Waals surface area contributed by atoms with Crippen LogP contribution in [0.1, 0.15) is 42.0 Å². The summed E-state index contributed by atoms with van der Waals surface area (Å²) in [6, 6.07) is 12.9. The number of pyridine rings is 2. The first-order valence-corrected chi connectivity index (χ1v) is 12.4. The SMILES string of the molecule is COc1cc(-c2cn(C)c(=O)c3cnccc23)cc(OC)c1CN1CCc2cc(C(C)C)ccc2C1. The first-order chi connectivity index (χ1) is 17.4. The first-order valence-electron chi connectivity index (χ1n) is 12.4. The van der Waals surface area contributed by atoms with E-state index in [2.05, 4.69) is 41.9 Å². The monoisotopic (exact) mass is 483 g/mol. The molecule has 0 N–H and O–H groups in total. The Morgan fingerprint density at radius 3 is 2.44 bits per heavy atom. The average Bonchev–Trinajstić information content (AvgIpc) is 2.90. The number of benzene rings is 2. The Bertz CT molecular complexity index is 1460. The van der Waals surface area contributed by atoms with Gasteiger partial charge in [0.15, 0.2) is 0 Å². The standard InChI is InChI=1S/C30H33N3O3/c1-19(2)20-6-7-22-16-33(11-9-21(22)12-20)18-27-28(35-4)13-23(14-29(27)36-5)26-17-32(3)30(34)25-15-31-10-8-24(25)26/h6-8,10,12-15,17,19H,9,11,16,18H2,1-5H3. The van der Waals surface area contributed by atoms with E-state index < -0.39 is 0 Å². The third-order valence-electron chi connectivity index (χ3n) is 7.27. The molecule has 5 rings (SSSR count). The van der Waals surface area contributed by atoms with Crippen molar-refractivity contribution in [1.82, 2.24) is 14.5 Å². The van der Waals surface area contributed by atoms with Crippen molar-refractivity contribution in [3.63, 3.8) is 0 Å². The van der Waals surface area contributed by atoms with Crippen molar-refractivity contribution < 1.29 is 9.47 Å². The van der Waals surface area contributed by atoms with E-state index in [0.29, 0.717) is 11.3 Å². The van der Waals surface area contributed by atoms with Crippen LogP contribution in [0.15, 0.2) is 59.8 Å². The second kappa shape index (κ2) is 9.78. The topological polar surface area (TPSA) is 56.6 Å². The fraction of sp³-hybridized carbons (Fsp3) is 0.333. The fourth-order valence-corrected chi connectivity index (χ4v) is 5.19. The van der Waals surface area contributed by atoms with Gasteiger partial charge in [-0.25, -0.2) is 0 Å². The molecular weight excluding hydrogens is 450 g/mol. The molecule has 0 aliphatic carbocycles. The summed E-state index contributed by atoms with van der Waals surface area (Å²) in [5, 5.41) is 1.45. The minimum Gasteiger partial charge on any atom is -0.496 e. The van der Waals surface area contributed by atoms with Crippen molar-refractivity contribution in [3.05, 3.63) is 87.6 Å². The van der Waals surface area contributed by atoms with Crippen molar-refractivity contribution in [2.24, 2.45) is 7.05 Å². The molecule has 0 spiro atoms. The normalized spacial score (nSPS) is 13.7. The van der Waals surface area contributed by atoms with Crippen LogP contribution in [0.4, 0.5) is 0 Å². The molecule has 0 bridgehead atoms. The van der Waals surface area contributed by atoms with Gasteiger partial charge in [-0.2, -0.15) is 0 Å². The number of ether oxygens (including phenoxy) is 2.